The van der Waals surface area contributed by atoms with E-state index in [4.69, 9.17) is 10.5 Å². The fourth-order valence-electron chi connectivity index (χ4n) is 3.19. The lowest BCUT2D eigenvalue weighted by Crippen LogP contribution is -2.36. The van der Waals surface area contributed by atoms with E-state index in [0.29, 0.717) is 11.5 Å². The normalized spacial score (nSPS) is 19.9. The Bertz CT molecular complexity index is 458. The summed E-state index contributed by atoms with van der Waals surface area (Å²) >= 11 is 0. The zero-order chi connectivity index (χ0) is 14.7. The number of hydrogen-bond donors (Lipinski definition) is 1. The van der Waals surface area contributed by atoms with Crippen molar-refractivity contribution in [2.45, 2.75) is 51.2 Å². The lowest BCUT2D eigenvalue weighted by Gasteiger charge is -2.33. The first-order valence-electron chi connectivity index (χ1n) is 7.29. The van der Waals surface area contributed by atoms with E-state index in [1.54, 1.807) is 26.2 Å². The molecule has 2 nitrogen and oxygen atoms in total. The van der Waals surface area contributed by atoms with Crippen LogP contribution in [-0.4, -0.2) is 13.2 Å². The molecular weight excluding hydrogens is 260 g/mol. The number of hydrogen-bond acceptors (Lipinski definition) is 2. The maximum Gasteiger partial charge on any atom is 0.163 e. The van der Waals surface area contributed by atoms with Crippen molar-refractivity contribution in [2.75, 3.05) is 7.11 Å². The van der Waals surface area contributed by atoms with Gasteiger partial charge in [-0.2, -0.15) is 0 Å². The van der Waals surface area contributed by atoms with Crippen LogP contribution in [0.3, 0.4) is 0 Å². The first-order chi connectivity index (χ1) is 9.56. The highest BCUT2D eigenvalue weighted by Crippen LogP contribution is 2.34. The fraction of sp³-hybridized carbons (Fsp3) is 0.625. The van der Waals surface area contributed by atoms with Gasteiger partial charge in [0.05, 0.1) is 12.1 Å². The molecule has 0 spiro atoms. The third-order valence-corrected chi connectivity index (χ3v) is 4.40. The van der Waals surface area contributed by atoms with Crippen molar-refractivity contribution in [1.82, 2.24) is 0 Å². The van der Waals surface area contributed by atoms with Gasteiger partial charge in [-0.15, -0.1) is 0 Å². The maximum absolute atomic E-state index is 14.1. The van der Waals surface area contributed by atoms with E-state index in [9.17, 15) is 8.78 Å². The van der Waals surface area contributed by atoms with Gasteiger partial charge in [0, 0.05) is 12.7 Å². The Morgan fingerprint density at radius 1 is 1.15 bits per heavy atom. The van der Waals surface area contributed by atoms with Crippen LogP contribution in [-0.2, 0) is 4.74 Å². The molecule has 0 heterocycles. The van der Waals surface area contributed by atoms with Crippen molar-refractivity contribution in [3.05, 3.63) is 34.9 Å². The Balaban J connectivity index is 2.23. The molecule has 0 saturated heterocycles. The SMILES string of the molecule is COC(C1CCCCC1)C(N)c1ccc(C)c(F)c1F. The topological polar surface area (TPSA) is 35.2 Å². The van der Waals surface area contributed by atoms with Crippen molar-refractivity contribution in [3.8, 4) is 0 Å². The molecule has 20 heavy (non-hydrogen) atoms. The van der Waals surface area contributed by atoms with Crippen molar-refractivity contribution in [1.29, 1.82) is 0 Å². The number of nitrogens with two attached hydrogens (primary N) is 1. The fourth-order valence-corrected chi connectivity index (χ4v) is 3.19. The van der Waals surface area contributed by atoms with Crippen LogP contribution < -0.4 is 5.73 Å². The average molecular weight is 283 g/mol. The van der Waals surface area contributed by atoms with Gasteiger partial charge in [-0.05, 0) is 31.2 Å². The van der Waals surface area contributed by atoms with Crippen LogP contribution in [0.5, 0.6) is 0 Å². The van der Waals surface area contributed by atoms with E-state index in [1.807, 2.05) is 0 Å². The molecule has 0 bridgehead atoms. The van der Waals surface area contributed by atoms with E-state index < -0.39 is 17.7 Å². The van der Waals surface area contributed by atoms with Crippen LogP contribution in [0.15, 0.2) is 12.1 Å². The molecule has 112 valence electrons. The summed E-state index contributed by atoms with van der Waals surface area (Å²) in [5, 5.41) is 0. The predicted octanol–water partition coefficient (Wildman–Crippen LogP) is 3.87. The lowest BCUT2D eigenvalue weighted by atomic mass is 9.81. The second-order valence-electron chi connectivity index (χ2n) is 5.72. The zero-order valence-corrected chi connectivity index (χ0v) is 12.2. The lowest BCUT2D eigenvalue weighted by molar-refractivity contribution is 0.0164. The molecule has 1 aliphatic rings. The van der Waals surface area contributed by atoms with Crippen LogP contribution in [0.1, 0.15) is 49.3 Å². The summed E-state index contributed by atoms with van der Waals surface area (Å²) in [6.45, 7) is 1.54. The molecule has 2 N–H and O–H groups in total. The van der Waals surface area contributed by atoms with Gasteiger partial charge in [0.25, 0.3) is 0 Å². The smallest absolute Gasteiger partial charge is 0.163 e. The molecule has 1 aromatic rings. The predicted molar refractivity (Wildman–Crippen MR) is 75.4 cm³/mol. The van der Waals surface area contributed by atoms with E-state index in [0.717, 1.165) is 25.7 Å². The molecule has 0 aromatic heterocycles. The van der Waals surface area contributed by atoms with Gasteiger partial charge in [-0.25, -0.2) is 8.78 Å². The van der Waals surface area contributed by atoms with Crippen molar-refractivity contribution in [2.24, 2.45) is 11.7 Å². The summed E-state index contributed by atoms with van der Waals surface area (Å²) in [6.07, 6.45) is 5.37. The minimum Gasteiger partial charge on any atom is -0.379 e. The van der Waals surface area contributed by atoms with Gasteiger partial charge in [-0.1, -0.05) is 31.4 Å². The highest BCUT2D eigenvalue weighted by Gasteiger charge is 2.31. The quantitative estimate of drug-likeness (QED) is 0.910. The van der Waals surface area contributed by atoms with Crippen LogP contribution in [0.4, 0.5) is 8.78 Å². The summed E-state index contributed by atoms with van der Waals surface area (Å²) < 4.78 is 33.3. The standard InChI is InChI=1S/C16H23F2NO/c1-10-8-9-12(14(18)13(10)17)15(19)16(20-2)11-6-4-3-5-7-11/h8-9,11,15-16H,3-7,19H2,1-2H3. The number of benzene rings is 1. The van der Waals surface area contributed by atoms with Crippen molar-refractivity contribution < 1.29 is 13.5 Å². The number of aryl methyl sites for hydroxylation is 1. The highest BCUT2D eigenvalue weighted by molar-refractivity contribution is 5.28. The number of halogens is 2. The van der Waals surface area contributed by atoms with Crippen molar-refractivity contribution in [3.63, 3.8) is 0 Å². The van der Waals surface area contributed by atoms with Crippen LogP contribution in [0.2, 0.25) is 0 Å². The molecule has 4 heteroatoms. The molecule has 0 aliphatic heterocycles. The summed E-state index contributed by atoms with van der Waals surface area (Å²) in [6, 6.07) is 2.52. The summed E-state index contributed by atoms with van der Waals surface area (Å²) in [4.78, 5) is 0. The van der Waals surface area contributed by atoms with Gasteiger partial charge < -0.3 is 10.5 Å². The molecule has 0 radical (unpaired) electrons. The molecule has 1 aromatic carbocycles. The Morgan fingerprint density at radius 3 is 2.40 bits per heavy atom. The number of methoxy groups -OCH3 is 1. The minimum absolute atomic E-state index is 0.213. The third-order valence-electron chi connectivity index (χ3n) is 4.40. The molecule has 1 saturated carbocycles. The highest BCUT2D eigenvalue weighted by atomic mass is 19.2. The summed E-state index contributed by atoms with van der Waals surface area (Å²) in [5.41, 5.74) is 6.68. The minimum atomic E-state index is -0.838. The molecule has 0 amide bonds. The summed E-state index contributed by atoms with van der Waals surface area (Å²) in [7, 11) is 1.60. The monoisotopic (exact) mass is 283 g/mol. The van der Waals surface area contributed by atoms with Crippen LogP contribution in [0, 0.1) is 24.5 Å². The Kier molecular flexibility index (Phi) is 5.11. The van der Waals surface area contributed by atoms with Crippen LogP contribution in [0.25, 0.3) is 0 Å². The zero-order valence-electron chi connectivity index (χ0n) is 12.2. The molecular formula is C16H23F2NO. The number of rotatable bonds is 4. The third kappa shape index (κ3) is 3.01. The Morgan fingerprint density at radius 2 is 1.80 bits per heavy atom. The first-order valence-corrected chi connectivity index (χ1v) is 7.29. The second-order valence-corrected chi connectivity index (χ2v) is 5.72. The second kappa shape index (κ2) is 6.64. The first kappa shape index (κ1) is 15.4. The maximum atomic E-state index is 14.1. The van der Waals surface area contributed by atoms with Gasteiger partial charge in [-0.3, -0.25) is 0 Å². The van der Waals surface area contributed by atoms with E-state index >= 15 is 0 Å². The van der Waals surface area contributed by atoms with Gasteiger partial charge in [0.1, 0.15) is 0 Å². The van der Waals surface area contributed by atoms with Gasteiger partial charge >= 0.3 is 0 Å². The van der Waals surface area contributed by atoms with Crippen LogP contribution >= 0.6 is 0 Å². The molecule has 1 fully saturated rings. The largest absolute Gasteiger partial charge is 0.379 e. The van der Waals surface area contributed by atoms with E-state index in [1.165, 1.54) is 6.42 Å². The molecule has 2 unspecified atom stereocenters. The van der Waals surface area contributed by atoms with Gasteiger partial charge in [0.15, 0.2) is 11.6 Å². The van der Waals surface area contributed by atoms with E-state index in [-0.39, 0.29) is 11.7 Å². The summed E-state index contributed by atoms with van der Waals surface area (Å²) in [5.74, 6) is -1.32. The van der Waals surface area contributed by atoms with Gasteiger partial charge in [0.2, 0.25) is 0 Å². The van der Waals surface area contributed by atoms with Crippen molar-refractivity contribution >= 4 is 0 Å². The number of ether oxygens (including phenoxy) is 1. The average Bonchev–Trinajstić information content (AvgIpc) is 2.47. The Hall–Kier alpha value is -1.00. The van der Waals surface area contributed by atoms with E-state index in [2.05, 4.69) is 0 Å². The molecule has 2 rings (SSSR count). The molecule has 2 atom stereocenters. The Labute approximate surface area is 119 Å². The molecule has 1 aliphatic carbocycles.